The summed E-state index contributed by atoms with van der Waals surface area (Å²) in [4.78, 5) is 0. The number of hydrogen-bond acceptors (Lipinski definition) is 0. The quantitative estimate of drug-likeness (QED) is 0.427. The molecule has 0 aliphatic carbocycles. The van der Waals surface area contributed by atoms with Crippen molar-refractivity contribution >= 4 is 15.4 Å². The highest BCUT2D eigenvalue weighted by Gasteiger charge is 1.90. The summed E-state index contributed by atoms with van der Waals surface area (Å²) in [7, 11) is 0.864. The Bertz CT molecular complexity index is 165. The summed E-state index contributed by atoms with van der Waals surface area (Å²) in [6.45, 7) is 0. The van der Waals surface area contributed by atoms with E-state index >= 15 is 0 Å². The zero-order chi connectivity index (χ0) is 5.98. The second-order valence-electron chi connectivity index (χ2n) is 1.77. The molecular weight excluding hydrogens is 116 g/mol. The van der Waals surface area contributed by atoms with Gasteiger partial charge < -0.3 is 0 Å². The summed E-state index contributed by atoms with van der Waals surface area (Å²) in [6, 6.07) is 7.13. The molecule has 0 spiro atoms. The molecule has 0 fully saturated rings. The van der Waals surface area contributed by atoms with Crippen LogP contribution in [-0.2, 0) is 5.11 Å². The minimum absolute atomic E-state index is 0.180. The summed E-state index contributed by atoms with van der Waals surface area (Å²) in [6.07, 6.45) is 0. The van der Waals surface area contributed by atoms with Gasteiger partial charge in [0.2, 0.25) is 0 Å². The van der Waals surface area contributed by atoms with E-state index < -0.39 is 0 Å². The molecule has 1 aromatic carbocycles. The Hall–Kier alpha value is -0.763. The maximum Gasteiger partial charge on any atom is 0.176 e. The van der Waals surface area contributed by atoms with Gasteiger partial charge >= 0.3 is 0 Å². The highest BCUT2D eigenvalue weighted by Crippen LogP contribution is 2.00. The van der Waals surface area contributed by atoms with E-state index in [2.05, 4.69) is 0 Å². The average molecular weight is 123 g/mol. The van der Waals surface area contributed by atoms with Crippen molar-refractivity contribution in [1.29, 1.82) is 0 Å². The fraction of sp³-hybridized carbons (Fsp3) is 0. The van der Waals surface area contributed by atoms with Crippen LogP contribution in [-0.4, -0.2) is 10.2 Å². The minimum atomic E-state index is 0.180. The number of hydrogen-bond donors (Lipinski definition) is 0. The molecule has 0 saturated heterocycles. The van der Waals surface area contributed by atoms with Crippen molar-refractivity contribution in [3.8, 4) is 5.75 Å². The van der Waals surface area contributed by atoms with Crippen LogP contribution in [0.25, 0.3) is 0 Å². The standard InChI is InChI=1S/C6H7OSi/c7-5-3-1-2-4-6(5)8/h1-4H,8H3. The molecule has 2 heteroatoms. The molecular formula is C6H7OSi. The second-order valence-corrected chi connectivity index (χ2v) is 2.84. The predicted octanol–water partition coefficient (Wildman–Crippen LogP) is -0.179. The molecule has 0 heterocycles. The molecule has 0 amide bonds. The van der Waals surface area contributed by atoms with Crippen LogP contribution < -0.4 is 5.19 Å². The van der Waals surface area contributed by atoms with Crippen molar-refractivity contribution in [2.24, 2.45) is 0 Å². The smallest absolute Gasteiger partial charge is 0.176 e. The molecule has 8 heavy (non-hydrogen) atoms. The highest BCUT2D eigenvalue weighted by atomic mass is 28.1. The summed E-state index contributed by atoms with van der Waals surface area (Å²) in [5.41, 5.74) is 0. The topological polar surface area (TPSA) is 19.9 Å². The molecule has 0 atom stereocenters. The summed E-state index contributed by atoms with van der Waals surface area (Å²) < 4.78 is 0. The molecule has 1 radical (unpaired) electrons. The summed E-state index contributed by atoms with van der Waals surface area (Å²) in [5.74, 6) is 0.180. The molecule has 0 unspecified atom stereocenters. The Labute approximate surface area is 51.4 Å². The number of benzene rings is 1. The van der Waals surface area contributed by atoms with Gasteiger partial charge in [0.25, 0.3) is 0 Å². The molecule has 0 bridgehead atoms. The molecule has 0 N–H and O–H groups in total. The van der Waals surface area contributed by atoms with Crippen LogP contribution in [0.1, 0.15) is 0 Å². The average Bonchev–Trinajstić information content (AvgIpc) is 1.77. The van der Waals surface area contributed by atoms with Crippen molar-refractivity contribution in [1.82, 2.24) is 0 Å². The van der Waals surface area contributed by atoms with E-state index in [-0.39, 0.29) is 5.75 Å². The molecule has 0 aliphatic heterocycles. The van der Waals surface area contributed by atoms with E-state index in [0.717, 1.165) is 15.4 Å². The first-order chi connectivity index (χ1) is 3.80. The van der Waals surface area contributed by atoms with Gasteiger partial charge in [-0.25, -0.2) is 0 Å². The monoisotopic (exact) mass is 123 g/mol. The van der Waals surface area contributed by atoms with Crippen LogP contribution >= 0.6 is 0 Å². The van der Waals surface area contributed by atoms with Crippen LogP contribution in [0.5, 0.6) is 5.75 Å². The third-order valence-electron chi connectivity index (χ3n) is 1.09. The van der Waals surface area contributed by atoms with Gasteiger partial charge in [-0.15, -0.1) is 0 Å². The summed E-state index contributed by atoms with van der Waals surface area (Å²) >= 11 is 0. The summed E-state index contributed by atoms with van der Waals surface area (Å²) in [5, 5.41) is 11.6. The van der Waals surface area contributed by atoms with Crippen molar-refractivity contribution < 1.29 is 5.11 Å². The van der Waals surface area contributed by atoms with E-state index in [0.29, 0.717) is 0 Å². The van der Waals surface area contributed by atoms with Gasteiger partial charge in [0.1, 0.15) is 0 Å². The van der Waals surface area contributed by atoms with Gasteiger partial charge in [-0.05, 0) is 11.3 Å². The zero-order valence-corrected chi connectivity index (χ0v) is 6.72. The maximum atomic E-state index is 10.7. The Morgan fingerprint density at radius 3 is 2.25 bits per heavy atom. The third kappa shape index (κ3) is 0.897. The Morgan fingerprint density at radius 1 is 1.25 bits per heavy atom. The fourth-order valence-electron chi connectivity index (χ4n) is 0.556. The first-order valence-corrected chi connectivity index (χ1v) is 3.53. The third-order valence-corrected chi connectivity index (χ3v) is 1.92. The largest absolute Gasteiger partial charge is 0.290 e. The highest BCUT2D eigenvalue weighted by molar-refractivity contribution is 6.34. The Morgan fingerprint density at radius 2 is 1.88 bits per heavy atom. The normalized spacial score (nSPS) is 9.50. The van der Waals surface area contributed by atoms with Gasteiger partial charge in [0.15, 0.2) is 5.75 Å². The van der Waals surface area contributed by atoms with E-state index in [1.807, 2.05) is 12.1 Å². The Balaban J connectivity index is 3.13. The van der Waals surface area contributed by atoms with Crippen LogP contribution in [0.2, 0.25) is 0 Å². The van der Waals surface area contributed by atoms with Crippen LogP contribution in [0.15, 0.2) is 24.3 Å². The molecule has 41 valence electrons. The van der Waals surface area contributed by atoms with E-state index in [9.17, 15) is 5.11 Å². The Kier molecular flexibility index (Phi) is 1.35. The molecule has 0 aliphatic rings. The van der Waals surface area contributed by atoms with E-state index in [4.69, 9.17) is 0 Å². The van der Waals surface area contributed by atoms with Gasteiger partial charge in [-0.1, -0.05) is 18.2 Å². The van der Waals surface area contributed by atoms with Gasteiger partial charge in [0, 0.05) is 10.2 Å². The first-order valence-electron chi connectivity index (χ1n) is 2.53. The lowest BCUT2D eigenvalue weighted by Gasteiger charge is -1.88. The van der Waals surface area contributed by atoms with Gasteiger partial charge in [-0.3, -0.25) is 5.11 Å². The minimum Gasteiger partial charge on any atom is -0.290 e. The lowest BCUT2D eigenvalue weighted by Crippen LogP contribution is -1.99. The van der Waals surface area contributed by atoms with Crippen LogP contribution in [0.4, 0.5) is 0 Å². The fourth-order valence-corrected chi connectivity index (χ4v) is 0.916. The lowest BCUT2D eigenvalue weighted by atomic mass is 10.3. The van der Waals surface area contributed by atoms with Crippen molar-refractivity contribution in [2.75, 3.05) is 0 Å². The molecule has 1 nitrogen and oxygen atoms in total. The van der Waals surface area contributed by atoms with E-state index in [1.165, 1.54) is 0 Å². The molecule has 0 saturated carbocycles. The first kappa shape index (κ1) is 5.38. The van der Waals surface area contributed by atoms with Crippen molar-refractivity contribution in [3.05, 3.63) is 24.3 Å². The molecule has 0 aromatic heterocycles. The number of para-hydroxylation sites is 1. The zero-order valence-electron chi connectivity index (χ0n) is 4.72. The SMILES string of the molecule is [O]c1ccccc1[SiH3]. The predicted molar refractivity (Wildman–Crippen MR) is 36.1 cm³/mol. The van der Waals surface area contributed by atoms with Crippen LogP contribution in [0, 0.1) is 0 Å². The van der Waals surface area contributed by atoms with Crippen LogP contribution in [0.3, 0.4) is 0 Å². The van der Waals surface area contributed by atoms with Crippen molar-refractivity contribution in [2.45, 2.75) is 0 Å². The second kappa shape index (κ2) is 2.00. The molecule has 1 aromatic rings. The van der Waals surface area contributed by atoms with E-state index in [1.54, 1.807) is 12.1 Å². The van der Waals surface area contributed by atoms with Crippen molar-refractivity contribution in [3.63, 3.8) is 0 Å². The maximum absolute atomic E-state index is 10.7. The lowest BCUT2D eigenvalue weighted by molar-refractivity contribution is 0.358. The number of rotatable bonds is 0. The van der Waals surface area contributed by atoms with Gasteiger partial charge in [0.05, 0.1) is 0 Å². The van der Waals surface area contributed by atoms with Gasteiger partial charge in [-0.2, -0.15) is 0 Å². The molecule has 1 rings (SSSR count).